The second kappa shape index (κ2) is 7.49. The van der Waals surface area contributed by atoms with Crippen LogP contribution in [0.25, 0.3) is 11.3 Å². The van der Waals surface area contributed by atoms with E-state index in [0.29, 0.717) is 36.8 Å². The number of thiazole rings is 1. The van der Waals surface area contributed by atoms with E-state index in [2.05, 4.69) is 41.5 Å². The second-order valence-corrected chi connectivity index (χ2v) is 10.1. The van der Waals surface area contributed by atoms with Crippen LogP contribution in [0.4, 0.5) is 5.13 Å². The predicted octanol–water partition coefficient (Wildman–Crippen LogP) is 5.04. The average molecular weight is 458 g/mol. The fourth-order valence-corrected chi connectivity index (χ4v) is 6.53. The van der Waals surface area contributed by atoms with Gasteiger partial charge in [-0.2, -0.15) is 5.26 Å². The Hall–Kier alpha value is -3.05. The Morgan fingerprint density at radius 3 is 2.64 bits per heavy atom. The largest absolute Gasteiger partial charge is 0.347 e. The second-order valence-electron chi connectivity index (χ2n) is 9.25. The van der Waals surface area contributed by atoms with Crippen molar-refractivity contribution in [3.8, 4) is 17.3 Å². The van der Waals surface area contributed by atoms with Crippen LogP contribution < -0.4 is 5.32 Å². The van der Waals surface area contributed by atoms with Crippen LogP contribution in [0.1, 0.15) is 48.3 Å². The Balaban J connectivity index is 1.29. The summed E-state index contributed by atoms with van der Waals surface area (Å²) in [6, 6.07) is 17.9. The Kier molecular flexibility index (Phi) is 4.66. The van der Waals surface area contributed by atoms with Gasteiger partial charge in [0.2, 0.25) is 5.91 Å². The number of ether oxygens (including phenoxy) is 2. The van der Waals surface area contributed by atoms with Crippen LogP contribution in [0.15, 0.2) is 53.9 Å². The van der Waals surface area contributed by atoms with E-state index in [9.17, 15) is 4.79 Å². The third kappa shape index (κ3) is 3.13. The first-order valence-electron chi connectivity index (χ1n) is 11.2. The molecule has 1 saturated heterocycles. The normalized spacial score (nSPS) is 26.7. The highest BCUT2D eigenvalue weighted by Crippen LogP contribution is 2.64. The van der Waals surface area contributed by atoms with Crippen LogP contribution in [-0.4, -0.2) is 29.9 Å². The topological polar surface area (TPSA) is 84.2 Å². The molecule has 2 bridgehead atoms. The molecule has 166 valence electrons. The fourth-order valence-electron chi connectivity index (χ4n) is 5.81. The molecular weight excluding hydrogens is 434 g/mol. The number of aromatic nitrogens is 1. The van der Waals surface area contributed by atoms with Gasteiger partial charge in [-0.1, -0.05) is 43.3 Å². The first-order valence-corrected chi connectivity index (χ1v) is 12.0. The monoisotopic (exact) mass is 457 g/mol. The van der Waals surface area contributed by atoms with Gasteiger partial charge < -0.3 is 14.8 Å². The molecule has 1 aromatic heterocycles. The molecule has 6 nitrogen and oxygen atoms in total. The first kappa shape index (κ1) is 20.5. The summed E-state index contributed by atoms with van der Waals surface area (Å²) in [6.45, 7) is 3.26. The van der Waals surface area contributed by atoms with Crippen molar-refractivity contribution in [1.29, 1.82) is 5.26 Å². The summed E-state index contributed by atoms with van der Waals surface area (Å²) < 4.78 is 12.3. The van der Waals surface area contributed by atoms with Crippen molar-refractivity contribution in [2.75, 3.05) is 18.5 Å². The number of carbonyl (C=O) groups excluding carboxylic acids is 1. The van der Waals surface area contributed by atoms with Crippen LogP contribution in [0.3, 0.4) is 0 Å². The number of nitriles is 1. The number of hydrogen-bond acceptors (Lipinski definition) is 6. The number of nitrogens with one attached hydrogen (secondary N) is 1. The van der Waals surface area contributed by atoms with E-state index in [4.69, 9.17) is 14.7 Å². The summed E-state index contributed by atoms with van der Waals surface area (Å²) in [6.07, 6.45) is 1.35. The maximum atomic E-state index is 13.7. The number of hydrogen-bond donors (Lipinski definition) is 1. The van der Waals surface area contributed by atoms with Crippen LogP contribution in [0.5, 0.6) is 0 Å². The zero-order chi connectivity index (χ0) is 22.6. The first-order chi connectivity index (χ1) is 16.0. The molecular formula is C26H23N3O3S. The Labute approximate surface area is 196 Å². The number of carbonyl (C=O) groups is 1. The minimum atomic E-state index is -0.612. The highest BCUT2D eigenvalue weighted by Gasteiger charge is 2.63. The Morgan fingerprint density at radius 2 is 1.88 bits per heavy atom. The van der Waals surface area contributed by atoms with E-state index < -0.39 is 11.2 Å². The number of rotatable bonds is 3. The van der Waals surface area contributed by atoms with Crippen molar-refractivity contribution in [3.05, 3.63) is 70.6 Å². The predicted molar refractivity (Wildman–Crippen MR) is 125 cm³/mol. The van der Waals surface area contributed by atoms with Crippen molar-refractivity contribution in [2.24, 2.45) is 5.41 Å². The van der Waals surface area contributed by atoms with Gasteiger partial charge in [-0.15, -0.1) is 11.3 Å². The SMILES string of the molecule is CC1(C(=O)Nc2nc(-c3cccc(C#N)c3)cs2)CC2c3ccccc3C1CC21OCCO1. The van der Waals surface area contributed by atoms with Crippen LogP contribution >= 0.6 is 11.3 Å². The third-order valence-corrected chi connectivity index (χ3v) is 8.23. The van der Waals surface area contributed by atoms with Gasteiger partial charge in [0.05, 0.1) is 36.0 Å². The van der Waals surface area contributed by atoms with E-state index in [0.717, 1.165) is 11.3 Å². The smallest absolute Gasteiger partial charge is 0.232 e. The minimum absolute atomic E-state index is 0.00328. The molecule has 2 aromatic carbocycles. The molecule has 2 fully saturated rings. The summed E-state index contributed by atoms with van der Waals surface area (Å²) in [5.74, 6) is -0.605. The highest BCUT2D eigenvalue weighted by atomic mass is 32.1. The summed E-state index contributed by atoms with van der Waals surface area (Å²) in [7, 11) is 0. The lowest BCUT2D eigenvalue weighted by molar-refractivity contribution is -0.216. The molecule has 3 aliphatic carbocycles. The highest BCUT2D eigenvalue weighted by molar-refractivity contribution is 7.14. The van der Waals surface area contributed by atoms with Gasteiger partial charge in [-0.25, -0.2) is 4.98 Å². The van der Waals surface area contributed by atoms with Crippen molar-refractivity contribution in [1.82, 2.24) is 4.98 Å². The molecule has 4 aliphatic rings. The van der Waals surface area contributed by atoms with Gasteiger partial charge in [0, 0.05) is 29.2 Å². The number of fused-ring (bicyclic) bond motifs is 1. The molecule has 1 amide bonds. The Bertz CT molecular complexity index is 1290. The van der Waals surface area contributed by atoms with E-state index in [1.807, 2.05) is 23.6 Å². The number of benzene rings is 2. The van der Waals surface area contributed by atoms with Gasteiger partial charge in [-0.05, 0) is 29.7 Å². The molecule has 33 heavy (non-hydrogen) atoms. The summed E-state index contributed by atoms with van der Waals surface area (Å²) in [5.41, 5.74) is 4.08. The maximum absolute atomic E-state index is 13.7. The molecule has 7 rings (SSSR count). The lowest BCUT2D eigenvalue weighted by atomic mass is 9.52. The summed E-state index contributed by atoms with van der Waals surface area (Å²) in [5, 5.41) is 14.7. The molecule has 1 N–H and O–H groups in total. The summed E-state index contributed by atoms with van der Waals surface area (Å²) >= 11 is 1.40. The lowest BCUT2D eigenvalue weighted by Gasteiger charge is -2.56. The van der Waals surface area contributed by atoms with Gasteiger partial charge >= 0.3 is 0 Å². The minimum Gasteiger partial charge on any atom is -0.347 e. The van der Waals surface area contributed by atoms with Gasteiger partial charge in [0.1, 0.15) is 0 Å². The molecule has 1 aliphatic heterocycles. The molecule has 3 aromatic rings. The molecule has 2 heterocycles. The van der Waals surface area contributed by atoms with Crippen LogP contribution in [-0.2, 0) is 14.3 Å². The number of amides is 1. The molecule has 1 spiro atoms. The zero-order valence-electron chi connectivity index (χ0n) is 18.2. The number of anilines is 1. The van der Waals surface area contributed by atoms with Crippen molar-refractivity contribution in [3.63, 3.8) is 0 Å². The maximum Gasteiger partial charge on any atom is 0.232 e. The molecule has 7 heteroatoms. The van der Waals surface area contributed by atoms with E-state index in [1.165, 1.54) is 22.5 Å². The van der Waals surface area contributed by atoms with Crippen LogP contribution in [0, 0.1) is 16.7 Å². The van der Waals surface area contributed by atoms with Crippen molar-refractivity contribution < 1.29 is 14.3 Å². The van der Waals surface area contributed by atoms with Gasteiger partial charge in [-0.3, -0.25) is 4.79 Å². The van der Waals surface area contributed by atoms with E-state index >= 15 is 0 Å². The molecule has 3 atom stereocenters. The molecule has 1 saturated carbocycles. The van der Waals surface area contributed by atoms with Gasteiger partial charge in [0.15, 0.2) is 10.9 Å². The third-order valence-electron chi connectivity index (χ3n) is 7.47. The molecule has 3 unspecified atom stereocenters. The fraction of sp³-hybridized carbons (Fsp3) is 0.346. The Morgan fingerprint density at radius 1 is 1.12 bits per heavy atom. The quantitative estimate of drug-likeness (QED) is 0.595. The van der Waals surface area contributed by atoms with E-state index in [-0.39, 0.29) is 17.7 Å². The van der Waals surface area contributed by atoms with Crippen molar-refractivity contribution in [2.45, 2.75) is 37.4 Å². The molecule has 0 radical (unpaired) electrons. The van der Waals surface area contributed by atoms with Gasteiger partial charge in [0.25, 0.3) is 0 Å². The van der Waals surface area contributed by atoms with Crippen molar-refractivity contribution >= 4 is 22.4 Å². The standard InChI is InChI=1S/C26H23N3O3S/c1-25(23(30)29-24-28-22(15-33-24)17-6-4-5-16(11-17)14-27)12-21-19-8-3-2-7-18(19)20(25)13-26(21)31-9-10-32-26/h2-8,11,15,20-21H,9-10,12-13H2,1H3,(H,28,29,30). The zero-order valence-corrected chi connectivity index (χ0v) is 19.0. The summed E-state index contributed by atoms with van der Waals surface area (Å²) in [4.78, 5) is 18.3. The van der Waals surface area contributed by atoms with Crippen LogP contribution in [0.2, 0.25) is 0 Å². The number of nitrogens with zero attached hydrogens (tertiary/aromatic N) is 2. The van der Waals surface area contributed by atoms with E-state index in [1.54, 1.807) is 12.1 Å². The lowest BCUT2D eigenvalue weighted by Crippen LogP contribution is -2.56. The average Bonchev–Trinajstić information content (AvgIpc) is 3.51.